The van der Waals surface area contributed by atoms with Crippen molar-refractivity contribution in [2.45, 2.75) is 0 Å². The molecule has 2 amide bonds. The SMILES string of the molecule is COc1ncc(NC(=O)Nc2cccc(OC)c2OC)c(OC)n1. The van der Waals surface area contributed by atoms with Crippen LogP contribution in [0, 0.1) is 0 Å². The van der Waals surface area contributed by atoms with E-state index in [0.29, 0.717) is 17.2 Å². The van der Waals surface area contributed by atoms with E-state index in [0.717, 1.165) is 0 Å². The van der Waals surface area contributed by atoms with Crippen molar-refractivity contribution in [3.63, 3.8) is 0 Å². The van der Waals surface area contributed by atoms with Crippen molar-refractivity contribution >= 4 is 17.4 Å². The number of nitrogens with zero attached hydrogens (tertiary/aromatic N) is 2. The third-order valence-corrected chi connectivity index (χ3v) is 3.01. The topological polar surface area (TPSA) is 104 Å². The van der Waals surface area contributed by atoms with Crippen LogP contribution in [0.2, 0.25) is 0 Å². The van der Waals surface area contributed by atoms with Crippen LogP contribution >= 0.6 is 0 Å². The molecule has 0 aliphatic carbocycles. The van der Waals surface area contributed by atoms with Crippen LogP contribution in [0.3, 0.4) is 0 Å². The Morgan fingerprint density at radius 3 is 2.33 bits per heavy atom. The van der Waals surface area contributed by atoms with E-state index in [4.69, 9.17) is 18.9 Å². The van der Waals surface area contributed by atoms with Gasteiger partial charge in [-0.15, -0.1) is 0 Å². The fourth-order valence-electron chi connectivity index (χ4n) is 1.95. The number of rotatable bonds is 6. The molecule has 0 aliphatic rings. The summed E-state index contributed by atoms with van der Waals surface area (Å²) in [5, 5.41) is 5.27. The zero-order chi connectivity index (χ0) is 17.5. The molecular weight excluding hydrogens is 316 g/mol. The molecule has 0 bridgehead atoms. The van der Waals surface area contributed by atoms with Gasteiger partial charge in [-0.1, -0.05) is 6.07 Å². The minimum atomic E-state index is -0.520. The van der Waals surface area contributed by atoms with Gasteiger partial charge in [0.15, 0.2) is 11.5 Å². The van der Waals surface area contributed by atoms with Crippen LogP contribution < -0.4 is 29.6 Å². The highest BCUT2D eigenvalue weighted by molar-refractivity contribution is 6.01. The molecule has 128 valence electrons. The van der Waals surface area contributed by atoms with Gasteiger partial charge in [0, 0.05) is 0 Å². The first-order chi connectivity index (χ1) is 11.6. The molecular formula is C15H18N4O5. The summed E-state index contributed by atoms with van der Waals surface area (Å²) in [4.78, 5) is 20.1. The molecule has 1 aromatic heterocycles. The number of carbonyl (C=O) groups is 1. The molecule has 24 heavy (non-hydrogen) atoms. The van der Waals surface area contributed by atoms with Gasteiger partial charge in [-0.3, -0.25) is 0 Å². The third kappa shape index (κ3) is 3.75. The van der Waals surface area contributed by atoms with Crippen molar-refractivity contribution in [2.24, 2.45) is 0 Å². The molecule has 2 N–H and O–H groups in total. The molecule has 1 aromatic carbocycles. The molecule has 2 rings (SSSR count). The van der Waals surface area contributed by atoms with Crippen LogP contribution in [-0.2, 0) is 0 Å². The van der Waals surface area contributed by atoms with E-state index in [1.165, 1.54) is 34.6 Å². The lowest BCUT2D eigenvalue weighted by Gasteiger charge is -2.14. The summed E-state index contributed by atoms with van der Waals surface area (Å²) in [6.45, 7) is 0. The summed E-state index contributed by atoms with van der Waals surface area (Å²) >= 11 is 0. The molecule has 0 spiro atoms. The van der Waals surface area contributed by atoms with Crippen molar-refractivity contribution in [2.75, 3.05) is 39.1 Å². The van der Waals surface area contributed by atoms with Gasteiger partial charge < -0.3 is 29.6 Å². The quantitative estimate of drug-likeness (QED) is 0.834. The highest BCUT2D eigenvalue weighted by atomic mass is 16.5. The zero-order valence-electron chi connectivity index (χ0n) is 13.7. The van der Waals surface area contributed by atoms with Gasteiger partial charge in [0.25, 0.3) is 0 Å². The summed E-state index contributed by atoms with van der Waals surface area (Å²) in [6, 6.07) is 4.75. The van der Waals surface area contributed by atoms with Gasteiger partial charge in [-0.25, -0.2) is 9.78 Å². The Bertz CT molecular complexity index is 723. The van der Waals surface area contributed by atoms with E-state index >= 15 is 0 Å². The maximum atomic E-state index is 12.2. The van der Waals surface area contributed by atoms with E-state index in [-0.39, 0.29) is 17.6 Å². The predicted octanol–water partition coefficient (Wildman–Crippen LogP) is 2.15. The van der Waals surface area contributed by atoms with Crippen molar-refractivity contribution < 1.29 is 23.7 Å². The van der Waals surface area contributed by atoms with Gasteiger partial charge in [0.1, 0.15) is 5.69 Å². The van der Waals surface area contributed by atoms with Crippen LogP contribution in [0.4, 0.5) is 16.2 Å². The normalized spacial score (nSPS) is 9.83. The number of hydrogen-bond acceptors (Lipinski definition) is 7. The third-order valence-electron chi connectivity index (χ3n) is 3.01. The molecule has 9 nitrogen and oxygen atoms in total. The molecule has 1 heterocycles. The van der Waals surface area contributed by atoms with Crippen LogP contribution in [0.1, 0.15) is 0 Å². The van der Waals surface area contributed by atoms with Crippen LogP contribution in [-0.4, -0.2) is 44.4 Å². The fourth-order valence-corrected chi connectivity index (χ4v) is 1.95. The van der Waals surface area contributed by atoms with Gasteiger partial charge in [0.2, 0.25) is 5.88 Å². The van der Waals surface area contributed by atoms with Gasteiger partial charge in [-0.2, -0.15) is 4.98 Å². The minimum Gasteiger partial charge on any atom is -0.493 e. The van der Waals surface area contributed by atoms with Crippen LogP contribution in [0.5, 0.6) is 23.4 Å². The summed E-state index contributed by atoms with van der Waals surface area (Å²) in [7, 11) is 5.86. The smallest absolute Gasteiger partial charge is 0.323 e. The Balaban J connectivity index is 2.17. The second-order valence-electron chi connectivity index (χ2n) is 4.40. The molecule has 0 saturated heterocycles. The van der Waals surface area contributed by atoms with Crippen molar-refractivity contribution in [1.82, 2.24) is 9.97 Å². The van der Waals surface area contributed by atoms with Crippen molar-refractivity contribution in [1.29, 1.82) is 0 Å². The molecule has 2 aromatic rings. The average Bonchev–Trinajstić information content (AvgIpc) is 2.61. The summed E-state index contributed by atoms with van der Waals surface area (Å²) < 4.78 is 20.5. The minimum absolute atomic E-state index is 0.132. The maximum absolute atomic E-state index is 12.2. The first kappa shape index (κ1) is 17.1. The maximum Gasteiger partial charge on any atom is 0.323 e. The first-order valence-corrected chi connectivity index (χ1v) is 6.87. The number of amides is 2. The lowest BCUT2D eigenvalue weighted by molar-refractivity contribution is 0.261. The Kier molecular flexibility index (Phi) is 5.61. The second kappa shape index (κ2) is 7.86. The summed E-state index contributed by atoms with van der Waals surface area (Å²) in [5.41, 5.74) is 0.736. The Morgan fingerprint density at radius 2 is 1.71 bits per heavy atom. The number of methoxy groups -OCH3 is 4. The number of anilines is 2. The number of benzene rings is 1. The number of ether oxygens (including phenoxy) is 4. The van der Waals surface area contributed by atoms with Crippen LogP contribution in [0.15, 0.2) is 24.4 Å². The zero-order valence-corrected chi connectivity index (χ0v) is 13.7. The van der Waals surface area contributed by atoms with E-state index < -0.39 is 6.03 Å². The molecule has 9 heteroatoms. The van der Waals surface area contributed by atoms with Gasteiger partial charge in [0.05, 0.1) is 40.3 Å². The Morgan fingerprint density at radius 1 is 0.958 bits per heavy atom. The Hall–Kier alpha value is -3.23. The van der Waals surface area contributed by atoms with E-state index in [2.05, 4.69) is 20.6 Å². The fraction of sp³-hybridized carbons (Fsp3) is 0.267. The molecule has 0 saturated carbocycles. The summed E-state index contributed by atoms with van der Waals surface area (Å²) in [5.74, 6) is 1.09. The monoisotopic (exact) mass is 334 g/mol. The molecule has 0 unspecified atom stereocenters. The van der Waals surface area contributed by atoms with Crippen molar-refractivity contribution in [3.05, 3.63) is 24.4 Å². The lowest BCUT2D eigenvalue weighted by Crippen LogP contribution is -2.20. The molecule has 0 radical (unpaired) electrons. The van der Waals surface area contributed by atoms with E-state index in [1.807, 2.05) is 0 Å². The lowest BCUT2D eigenvalue weighted by atomic mass is 10.2. The van der Waals surface area contributed by atoms with E-state index in [1.54, 1.807) is 18.2 Å². The first-order valence-electron chi connectivity index (χ1n) is 6.87. The highest BCUT2D eigenvalue weighted by Gasteiger charge is 2.15. The highest BCUT2D eigenvalue weighted by Crippen LogP contribution is 2.34. The summed E-state index contributed by atoms with van der Waals surface area (Å²) in [6.07, 6.45) is 1.38. The molecule has 0 fully saturated rings. The molecule has 0 aliphatic heterocycles. The number of carbonyl (C=O) groups excluding carboxylic acids is 1. The van der Waals surface area contributed by atoms with E-state index in [9.17, 15) is 4.79 Å². The van der Waals surface area contributed by atoms with Crippen molar-refractivity contribution in [3.8, 4) is 23.4 Å². The number of urea groups is 1. The average molecular weight is 334 g/mol. The van der Waals surface area contributed by atoms with Gasteiger partial charge in [-0.05, 0) is 12.1 Å². The molecule has 0 atom stereocenters. The Labute approximate surface area is 138 Å². The predicted molar refractivity (Wildman–Crippen MR) is 87.3 cm³/mol. The second-order valence-corrected chi connectivity index (χ2v) is 4.40. The standard InChI is InChI=1S/C15H18N4O5/c1-21-11-7-5-6-9(12(11)22-2)17-14(20)18-10-8-16-15(24-4)19-13(10)23-3/h5-8H,1-4H3,(H2,17,18,20). The number of aromatic nitrogens is 2. The number of hydrogen-bond donors (Lipinski definition) is 2. The number of nitrogens with one attached hydrogen (secondary N) is 2. The largest absolute Gasteiger partial charge is 0.493 e. The van der Waals surface area contributed by atoms with Gasteiger partial charge >= 0.3 is 12.0 Å². The number of para-hydroxylation sites is 1. The van der Waals surface area contributed by atoms with Crippen LogP contribution in [0.25, 0.3) is 0 Å².